The average molecular weight is 313 g/mol. The van der Waals surface area contributed by atoms with Gasteiger partial charge in [0.2, 0.25) is 0 Å². The fourth-order valence-electron chi connectivity index (χ4n) is 1.67. The lowest BCUT2D eigenvalue weighted by atomic mass is 10.2. The Morgan fingerprint density at radius 2 is 2.05 bits per heavy atom. The van der Waals surface area contributed by atoms with Crippen molar-refractivity contribution in [2.75, 3.05) is 11.8 Å². The zero-order valence-corrected chi connectivity index (χ0v) is 12.5. The Labute approximate surface area is 122 Å². The minimum Gasteiger partial charge on any atom is -0.496 e. The Kier molecular flexibility index (Phi) is 4.15. The number of methoxy groups -OCH3 is 1. The summed E-state index contributed by atoms with van der Waals surface area (Å²) in [6.45, 7) is 1.77. The molecule has 20 heavy (non-hydrogen) atoms. The highest BCUT2D eigenvalue weighted by Gasteiger charge is 2.17. The molecule has 0 spiro atoms. The van der Waals surface area contributed by atoms with Crippen LogP contribution in [0.2, 0.25) is 5.02 Å². The second-order valence-corrected chi connectivity index (χ2v) is 6.18. The molecule has 0 aliphatic heterocycles. The highest BCUT2D eigenvalue weighted by atomic mass is 35.5. The van der Waals surface area contributed by atoms with Gasteiger partial charge in [0.05, 0.1) is 28.9 Å². The van der Waals surface area contributed by atoms with E-state index in [1.54, 1.807) is 13.0 Å². The molecule has 0 aliphatic rings. The molecule has 1 heterocycles. The van der Waals surface area contributed by atoms with E-state index in [-0.39, 0.29) is 15.6 Å². The molecule has 0 fully saturated rings. The van der Waals surface area contributed by atoms with Crippen molar-refractivity contribution in [1.82, 2.24) is 4.98 Å². The van der Waals surface area contributed by atoms with E-state index in [9.17, 15) is 8.42 Å². The third-order valence-electron chi connectivity index (χ3n) is 2.69. The number of nitrogens with one attached hydrogen (secondary N) is 1. The lowest BCUT2D eigenvalue weighted by Crippen LogP contribution is -2.13. The molecule has 7 heteroatoms. The van der Waals surface area contributed by atoms with Crippen LogP contribution < -0.4 is 9.46 Å². The van der Waals surface area contributed by atoms with E-state index >= 15 is 0 Å². The molecule has 1 aromatic carbocycles. The van der Waals surface area contributed by atoms with Gasteiger partial charge in [0.25, 0.3) is 10.0 Å². The first-order chi connectivity index (χ1) is 9.44. The molecule has 0 bridgehead atoms. The van der Waals surface area contributed by atoms with Crippen molar-refractivity contribution in [3.05, 3.63) is 47.2 Å². The van der Waals surface area contributed by atoms with Gasteiger partial charge in [0.1, 0.15) is 5.75 Å². The Bertz CT molecular complexity index is 732. The molecule has 2 aromatic rings. The van der Waals surface area contributed by atoms with E-state index < -0.39 is 10.0 Å². The molecule has 0 radical (unpaired) electrons. The predicted molar refractivity (Wildman–Crippen MR) is 77.8 cm³/mol. The molecular weight excluding hydrogens is 300 g/mol. The van der Waals surface area contributed by atoms with Crippen LogP contribution in [0.3, 0.4) is 0 Å². The van der Waals surface area contributed by atoms with E-state index in [4.69, 9.17) is 16.3 Å². The van der Waals surface area contributed by atoms with Gasteiger partial charge in [0, 0.05) is 6.20 Å². The van der Waals surface area contributed by atoms with Crippen molar-refractivity contribution in [3.63, 3.8) is 0 Å². The Morgan fingerprint density at radius 3 is 2.65 bits per heavy atom. The highest BCUT2D eigenvalue weighted by molar-refractivity contribution is 7.92. The summed E-state index contributed by atoms with van der Waals surface area (Å²) >= 11 is 5.91. The van der Waals surface area contributed by atoms with Gasteiger partial charge >= 0.3 is 0 Å². The van der Waals surface area contributed by atoms with Gasteiger partial charge in [-0.1, -0.05) is 11.6 Å². The van der Waals surface area contributed by atoms with Crippen molar-refractivity contribution in [1.29, 1.82) is 0 Å². The number of hydrogen-bond donors (Lipinski definition) is 1. The maximum atomic E-state index is 12.3. The molecule has 1 aromatic heterocycles. The minimum atomic E-state index is -3.71. The number of sulfonamides is 1. The Morgan fingerprint density at radius 1 is 1.30 bits per heavy atom. The number of nitrogens with zero attached hydrogens (tertiary/aromatic N) is 1. The smallest absolute Gasteiger partial charge is 0.262 e. The van der Waals surface area contributed by atoms with E-state index in [1.807, 2.05) is 0 Å². The topological polar surface area (TPSA) is 68.3 Å². The van der Waals surface area contributed by atoms with E-state index in [1.165, 1.54) is 37.7 Å². The summed E-state index contributed by atoms with van der Waals surface area (Å²) in [7, 11) is -2.18. The van der Waals surface area contributed by atoms with Gasteiger partial charge in [-0.25, -0.2) is 8.42 Å². The maximum Gasteiger partial charge on any atom is 0.262 e. The number of anilines is 1. The largest absolute Gasteiger partial charge is 0.496 e. The molecule has 0 amide bonds. The lowest BCUT2D eigenvalue weighted by molar-refractivity contribution is 0.411. The number of benzene rings is 1. The zero-order chi connectivity index (χ0) is 14.8. The van der Waals surface area contributed by atoms with E-state index in [2.05, 4.69) is 9.71 Å². The number of rotatable bonds is 4. The predicted octanol–water partition coefficient (Wildman–Crippen LogP) is 2.85. The number of pyridine rings is 1. The SMILES string of the molecule is COc1ccc(S(=O)(=O)Nc2cnccc2Cl)cc1C. The van der Waals surface area contributed by atoms with Crippen molar-refractivity contribution < 1.29 is 13.2 Å². The lowest BCUT2D eigenvalue weighted by Gasteiger charge is -2.11. The molecule has 0 atom stereocenters. The first-order valence-electron chi connectivity index (χ1n) is 5.71. The van der Waals surface area contributed by atoms with Crippen molar-refractivity contribution in [2.45, 2.75) is 11.8 Å². The first-order valence-corrected chi connectivity index (χ1v) is 7.57. The molecule has 1 N–H and O–H groups in total. The summed E-state index contributed by atoms with van der Waals surface area (Å²) in [5.41, 5.74) is 0.968. The fourth-order valence-corrected chi connectivity index (χ4v) is 3.03. The number of halogens is 1. The third-order valence-corrected chi connectivity index (χ3v) is 4.38. The summed E-state index contributed by atoms with van der Waals surface area (Å²) in [5.74, 6) is 0.628. The first kappa shape index (κ1) is 14.6. The number of ether oxygens (including phenoxy) is 1. The Hall–Kier alpha value is -1.79. The van der Waals surface area contributed by atoms with E-state index in [0.29, 0.717) is 5.75 Å². The molecule has 106 valence electrons. The van der Waals surface area contributed by atoms with Crippen LogP contribution in [0.4, 0.5) is 5.69 Å². The van der Waals surface area contributed by atoms with Crippen LogP contribution in [-0.4, -0.2) is 20.5 Å². The highest BCUT2D eigenvalue weighted by Crippen LogP contribution is 2.25. The quantitative estimate of drug-likeness (QED) is 0.942. The van der Waals surface area contributed by atoms with Crippen molar-refractivity contribution in [3.8, 4) is 5.75 Å². The van der Waals surface area contributed by atoms with Crippen LogP contribution in [0.5, 0.6) is 5.75 Å². The van der Waals surface area contributed by atoms with Gasteiger partial charge in [-0.15, -0.1) is 0 Å². The summed E-state index contributed by atoms with van der Waals surface area (Å²) in [6, 6.07) is 6.12. The molecule has 0 saturated carbocycles. The zero-order valence-electron chi connectivity index (χ0n) is 10.9. The summed E-state index contributed by atoms with van der Waals surface area (Å²) in [4.78, 5) is 3.97. The molecule has 0 unspecified atom stereocenters. The summed E-state index contributed by atoms with van der Waals surface area (Å²) in [6.07, 6.45) is 2.84. The van der Waals surface area contributed by atoms with Crippen molar-refractivity contribution in [2.24, 2.45) is 0 Å². The van der Waals surface area contributed by atoms with Crippen LogP contribution in [0.25, 0.3) is 0 Å². The van der Waals surface area contributed by atoms with Gasteiger partial charge in [-0.05, 0) is 36.8 Å². The van der Waals surface area contributed by atoms with Gasteiger partial charge in [0.15, 0.2) is 0 Å². The van der Waals surface area contributed by atoms with Crippen LogP contribution >= 0.6 is 11.6 Å². The monoisotopic (exact) mass is 312 g/mol. The number of aromatic nitrogens is 1. The van der Waals surface area contributed by atoms with Crippen LogP contribution in [0.15, 0.2) is 41.6 Å². The third kappa shape index (κ3) is 3.02. The molecule has 0 saturated heterocycles. The molecule has 5 nitrogen and oxygen atoms in total. The maximum absolute atomic E-state index is 12.3. The van der Waals surface area contributed by atoms with Gasteiger partial charge in [-0.2, -0.15) is 0 Å². The number of hydrogen-bond acceptors (Lipinski definition) is 4. The second-order valence-electron chi connectivity index (χ2n) is 4.09. The molecule has 2 rings (SSSR count). The number of aryl methyl sites for hydroxylation is 1. The van der Waals surface area contributed by atoms with Crippen LogP contribution in [0, 0.1) is 6.92 Å². The fraction of sp³-hybridized carbons (Fsp3) is 0.154. The van der Waals surface area contributed by atoms with Gasteiger partial charge in [-0.3, -0.25) is 9.71 Å². The van der Waals surface area contributed by atoms with Crippen molar-refractivity contribution >= 4 is 27.3 Å². The van der Waals surface area contributed by atoms with Crippen LogP contribution in [-0.2, 0) is 10.0 Å². The summed E-state index contributed by atoms with van der Waals surface area (Å²) < 4.78 is 32.0. The Balaban J connectivity index is 2.36. The van der Waals surface area contributed by atoms with Gasteiger partial charge < -0.3 is 4.74 Å². The standard InChI is InChI=1S/C13H13ClN2O3S/c1-9-7-10(3-4-13(9)19-2)20(17,18)16-12-8-15-6-5-11(12)14/h3-8,16H,1-2H3. The summed E-state index contributed by atoms with van der Waals surface area (Å²) in [5, 5.41) is 0.286. The molecular formula is C13H13ClN2O3S. The normalized spacial score (nSPS) is 11.2. The second kappa shape index (κ2) is 5.68. The minimum absolute atomic E-state index is 0.135. The average Bonchev–Trinajstić information content (AvgIpc) is 2.41. The van der Waals surface area contributed by atoms with E-state index in [0.717, 1.165) is 5.56 Å². The molecule has 0 aliphatic carbocycles. The van der Waals surface area contributed by atoms with Crippen LogP contribution in [0.1, 0.15) is 5.56 Å².